The molecule has 0 radical (unpaired) electrons. The molecule has 0 aliphatic heterocycles. The van der Waals surface area contributed by atoms with E-state index >= 15 is 0 Å². The van der Waals surface area contributed by atoms with E-state index in [1.165, 1.54) is 5.57 Å². The molecule has 0 aromatic carbocycles. The lowest BCUT2D eigenvalue weighted by Crippen LogP contribution is -1.84. The van der Waals surface area contributed by atoms with Crippen LogP contribution < -0.4 is 0 Å². The van der Waals surface area contributed by atoms with Gasteiger partial charge in [-0.2, -0.15) is 0 Å². The highest BCUT2D eigenvalue weighted by Gasteiger charge is 1.82. The van der Waals surface area contributed by atoms with Gasteiger partial charge in [-0.05, 0) is 25.3 Å². The minimum atomic E-state index is 0.616. The van der Waals surface area contributed by atoms with Crippen LogP contribution in [-0.4, -0.2) is 6.61 Å². The van der Waals surface area contributed by atoms with E-state index in [0.29, 0.717) is 12.5 Å². The van der Waals surface area contributed by atoms with Crippen molar-refractivity contribution in [2.24, 2.45) is 5.92 Å². The Morgan fingerprint density at radius 2 is 2.00 bits per heavy atom. The van der Waals surface area contributed by atoms with E-state index in [1.54, 1.807) is 6.26 Å². The van der Waals surface area contributed by atoms with E-state index in [2.05, 4.69) is 19.9 Å². The molecule has 0 heterocycles. The summed E-state index contributed by atoms with van der Waals surface area (Å²) in [6.45, 7) is 9.02. The molecule has 0 amide bonds. The minimum absolute atomic E-state index is 0.616. The first-order chi connectivity index (χ1) is 5.13. The lowest BCUT2D eigenvalue weighted by Gasteiger charge is -1.96. The predicted octanol–water partition coefficient (Wildman–Crippen LogP) is 3.14. The van der Waals surface area contributed by atoms with Crippen molar-refractivity contribution in [2.75, 3.05) is 6.61 Å². The van der Waals surface area contributed by atoms with Crippen LogP contribution in [0.15, 0.2) is 24.0 Å². The second-order valence-corrected chi connectivity index (χ2v) is 3.20. The quantitative estimate of drug-likeness (QED) is 0.343. The van der Waals surface area contributed by atoms with Gasteiger partial charge in [0.25, 0.3) is 0 Å². The van der Waals surface area contributed by atoms with Gasteiger partial charge >= 0.3 is 0 Å². The summed E-state index contributed by atoms with van der Waals surface area (Å²) in [5.41, 5.74) is 1.20. The Bertz CT molecular complexity index is 139. The second-order valence-electron chi connectivity index (χ2n) is 3.20. The van der Waals surface area contributed by atoms with E-state index in [0.717, 1.165) is 0 Å². The monoisotopic (exact) mass is 154 g/mol. The highest BCUT2D eigenvalue weighted by Crippen LogP contribution is 1.94. The zero-order valence-electron chi connectivity index (χ0n) is 7.92. The highest BCUT2D eigenvalue weighted by atomic mass is 16.5. The van der Waals surface area contributed by atoms with Crippen LogP contribution in [0.2, 0.25) is 0 Å². The number of hydrogen-bond donors (Lipinski definition) is 0. The molecule has 0 atom stereocenters. The van der Waals surface area contributed by atoms with Crippen molar-refractivity contribution in [1.29, 1.82) is 0 Å². The Hall–Kier alpha value is -0.720. The van der Waals surface area contributed by atoms with Gasteiger partial charge in [0.15, 0.2) is 0 Å². The van der Waals surface area contributed by atoms with Gasteiger partial charge in [-0.1, -0.05) is 26.0 Å². The number of rotatable bonds is 4. The fourth-order valence-corrected chi connectivity index (χ4v) is 0.598. The van der Waals surface area contributed by atoms with Gasteiger partial charge in [0.05, 0.1) is 6.26 Å². The normalized spacial score (nSPS) is 10.6. The summed E-state index contributed by atoms with van der Waals surface area (Å²) in [6.07, 6.45) is 5.97. The van der Waals surface area contributed by atoms with Gasteiger partial charge < -0.3 is 4.74 Å². The van der Waals surface area contributed by atoms with E-state index < -0.39 is 0 Å². The predicted molar refractivity (Wildman–Crippen MR) is 49.4 cm³/mol. The molecule has 0 aliphatic rings. The minimum Gasteiger partial charge on any atom is -0.497 e. The SMILES string of the molecule is CC(C)=COC/C=C/C(C)C. The molecule has 0 bridgehead atoms. The van der Waals surface area contributed by atoms with Gasteiger partial charge in [-0.15, -0.1) is 0 Å². The van der Waals surface area contributed by atoms with Gasteiger partial charge in [-0.3, -0.25) is 0 Å². The average molecular weight is 154 g/mol. The first-order valence-electron chi connectivity index (χ1n) is 4.04. The van der Waals surface area contributed by atoms with E-state index in [-0.39, 0.29) is 0 Å². The smallest absolute Gasteiger partial charge is 0.105 e. The third-order valence-corrected chi connectivity index (χ3v) is 1.03. The van der Waals surface area contributed by atoms with E-state index in [4.69, 9.17) is 4.74 Å². The summed E-state index contributed by atoms with van der Waals surface area (Å²) >= 11 is 0. The Morgan fingerprint density at radius 1 is 1.36 bits per heavy atom. The molecular formula is C10H18O. The molecule has 64 valence electrons. The van der Waals surface area contributed by atoms with Crippen LogP contribution in [0.5, 0.6) is 0 Å². The number of ether oxygens (including phenoxy) is 1. The van der Waals surface area contributed by atoms with Crippen molar-refractivity contribution in [3.05, 3.63) is 24.0 Å². The van der Waals surface area contributed by atoms with E-state index in [9.17, 15) is 0 Å². The molecule has 1 heteroatoms. The maximum Gasteiger partial charge on any atom is 0.105 e. The fraction of sp³-hybridized carbons (Fsp3) is 0.600. The Morgan fingerprint density at radius 3 is 2.45 bits per heavy atom. The molecule has 0 saturated heterocycles. The number of allylic oxidation sites excluding steroid dienone is 2. The zero-order valence-corrected chi connectivity index (χ0v) is 7.92. The van der Waals surface area contributed by atoms with Gasteiger partial charge in [0, 0.05) is 0 Å². The molecule has 11 heavy (non-hydrogen) atoms. The van der Waals surface area contributed by atoms with Crippen LogP contribution in [0.4, 0.5) is 0 Å². The molecule has 0 unspecified atom stereocenters. The van der Waals surface area contributed by atoms with Gasteiger partial charge in [-0.25, -0.2) is 0 Å². The van der Waals surface area contributed by atoms with Crippen molar-refractivity contribution >= 4 is 0 Å². The van der Waals surface area contributed by atoms with Crippen molar-refractivity contribution in [3.8, 4) is 0 Å². The third kappa shape index (κ3) is 9.28. The lowest BCUT2D eigenvalue weighted by molar-refractivity contribution is 0.286. The molecule has 0 rings (SSSR count). The maximum absolute atomic E-state index is 5.20. The van der Waals surface area contributed by atoms with Gasteiger partial charge in [0.1, 0.15) is 6.61 Å². The summed E-state index contributed by atoms with van der Waals surface area (Å²) in [6, 6.07) is 0. The highest BCUT2D eigenvalue weighted by molar-refractivity contribution is 4.89. The van der Waals surface area contributed by atoms with Crippen LogP contribution in [0.3, 0.4) is 0 Å². The summed E-state index contributed by atoms with van der Waals surface area (Å²) < 4.78 is 5.20. The standard InChI is InChI=1S/C10H18O/c1-9(2)6-5-7-11-8-10(3)4/h5-6,8-9H,7H2,1-4H3/b6-5+. The van der Waals surface area contributed by atoms with Crippen molar-refractivity contribution < 1.29 is 4.74 Å². The van der Waals surface area contributed by atoms with Crippen LogP contribution in [0.25, 0.3) is 0 Å². The molecular weight excluding hydrogens is 136 g/mol. The fourth-order valence-electron chi connectivity index (χ4n) is 0.598. The maximum atomic E-state index is 5.20. The van der Waals surface area contributed by atoms with Crippen LogP contribution in [-0.2, 0) is 4.74 Å². The van der Waals surface area contributed by atoms with Crippen LogP contribution >= 0.6 is 0 Å². The number of hydrogen-bond acceptors (Lipinski definition) is 1. The molecule has 0 spiro atoms. The van der Waals surface area contributed by atoms with Crippen molar-refractivity contribution in [2.45, 2.75) is 27.7 Å². The summed E-state index contributed by atoms with van der Waals surface area (Å²) in [5.74, 6) is 0.616. The Labute approximate surface area is 69.8 Å². The largest absolute Gasteiger partial charge is 0.497 e. The molecule has 0 N–H and O–H groups in total. The summed E-state index contributed by atoms with van der Waals surface area (Å²) in [7, 11) is 0. The van der Waals surface area contributed by atoms with Gasteiger partial charge in [0.2, 0.25) is 0 Å². The molecule has 0 fully saturated rings. The lowest BCUT2D eigenvalue weighted by atomic mass is 10.2. The molecule has 1 nitrogen and oxygen atoms in total. The topological polar surface area (TPSA) is 9.23 Å². The Kier molecular flexibility index (Phi) is 5.63. The first kappa shape index (κ1) is 10.3. The van der Waals surface area contributed by atoms with Crippen LogP contribution in [0.1, 0.15) is 27.7 Å². The first-order valence-corrected chi connectivity index (χ1v) is 4.04. The van der Waals surface area contributed by atoms with Crippen molar-refractivity contribution in [3.63, 3.8) is 0 Å². The second kappa shape index (κ2) is 6.02. The molecule has 0 aromatic heterocycles. The molecule has 0 saturated carbocycles. The third-order valence-electron chi connectivity index (χ3n) is 1.03. The summed E-state index contributed by atoms with van der Waals surface area (Å²) in [4.78, 5) is 0. The summed E-state index contributed by atoms with van der Waals surface area (Å²) in [5, 5.41) is 0. The van der Waals surface area contributed by atoms with Crippen LogP contribution in [0, 0.1) is 5.92 Å². The van der Waals surface area contributed by atoms with Crippen molar-refractivity contribution in [1.82, 2.24) is 0 Å². The molecule has 0 aromatic rings. The average Bonchev–Trinajstić information content (AvgIpc) is 1.85. The zero-order chi connectivity index (χ0) is 8.69. The Balaban J connectivity index is 3.35. The van der Waals surface area contributed by atoms with E-state index in [1.807, 2.05) is 19.9 Å². The molecule has 0 aliphatic carbocycles.